The van der Waals surface area contributed by atoms with Crippen molar-refractivity contribution in [3.05, 3.63) is 22.7 Å². The van der Waals surface area contributed by atoms with E-state index < -0.39 is 98.0 Å². The molecule has 1 aliphatic rings. The van der Waals surface area contributed by atoms with Gasteiger partial charge in [-0.05, 0) is 6.07 Å². The fraction of sp³-hybridized carbons (Fsp3) is 0.650. The van der Waals surface area contributed by atoms with Gasteiger partial charge in [-0.15, -0.1) is 0 Å². The van der Waals surface area contributed by atoms with E-state index in [-0.39, 0.29) is 5.82 Å². The molecule has 2 rings (SSSR count). The number of aliphatic hydroxyl groups excluding tert-OH is 8. The summed E-state index contributed by atoms with van der Waals surface area (Å²) in [5, 5.41) is 85.6. The fourth-order valence-electron chi connectivity index (χ4n) is 3.33. The van der Waals surface area contributed by atoms with Gasteiger partial charge in [0.05, 0.1) is 25.4 Å². The van der Waals surface area contributed by atoms with Gasteiger partial charge in [0.2, 0.25) is 11.7 Å². The topological polar surface area (TPSA) is 315 Å². The van der Waals surface area contributed by atoms with Crippen molar-refractivity contribution in [3.63, 3.8) is 0 Å². The van der Waals surface area contributed by atoms with Crippen molar-refractivity contribution >= 4 is 23.5 Å². The second kappa shape index (κ2) is 14.8. The Hall–Kier alpha value is -3.07. The number of aliphatic carboxylic acids is 1. The lowest BCUT2D eigenvalue weighted by Crippen LogP contribution is -2.57. The molecule has 1 saturated heterocycles. The van der Waals surface area contributed by atoms with E-state index in [9.17, 15) is 49.8 Å². The molecule has 0 aliphatic carbocycles. The number of aliphatic hydroxyl groups is 8. The number of carboxylic acids is 1. The number of hydrogen-bond acceptors (Lipinski definition) is 15. The molecule has 1 aromatic heterocycles. The van der Waals surface area contributed by atoms with Crippen molar-refractivity contribution in [1.29, 1.82) is 0 Å². The molecule has 216 valence electrons. The van der Waals surface area contributed by atoms with Gasteiger partial charge in [-0.25, -0.2) is 9.59 Å². The van der Waals surface area contributed by atoms with Crippen LogP contribution in [0.25, 0.3) is 0 Å². The first kappa shape index (κ1) is 33.0. The molecule has 0 aromatic carbocycles. The number of carboxylic acid groups (broad SMARTS) is 1. The third-order valence-electron chi connectivity index (χ3n) is 5.36. The molecule has 0 spiro atoms. The van der Waals surface area contributed by atoms with Gasteiger partial charge in [0.1, 0.15) is 42.4 Å². The molecular weight excluding hydrogens is 520 g/mol. The van der Waals surface area contributed by atoms with E-state index in [0.29, 0.717) is 0 Å². The molecule has 18 heteroatoms. The molecule has 9 atom stereocenters. The molecule has 38 heavy (non-hydrogen) atoms. The molecule has 1 fully saturated rings. The summed E-state index contributed by atoms with van der Waals surface area (Å²) < 4.78 is 6.19. The lowest BCUT2D eigenvalue weighted by Gasteiger charge is -2.32. The monoisotopic (exact) mass is 552 g/mol. The number of ether oxygens (including phenoxy) is 1. The van der Waals surface area contributed by atoms with Gasteiger partial charge in [0, 0.05) is 19.5 Å². The summed E-state index contributed by atoms with van der Waals surface area (Å²) in [7, 11) is 0. The summed E-state index contributed by atoms with van der Waals surface area (Å²) in [5.41, 5.74) is 4.63. The van der Waals surface area contributed by atoms with Crippen molar-refractivity contribution in [2.75, 3.05) is 18.9 Å². The Bertz CT molecular complexity index is 1010. The number of nitrogens with two attached hydrogens (primary N) is 1. The number of carbonyl (C=O) groups is 3. The average Bonchev–Trinajstić information content (AvgIpc) is 3.14. The van der Waals surface area contributed by atoms with Crippen LogP contribution in [-0.4, -0.2) is 135 Å². The Morgan fingerprint density at radius 1 is 1.11 bits per heavy atom. The minimum atomic E-state index is -1.94. The van der Waals surface area contributed by atoms with E-state index in [4.69, 9.17) is 25.8 Å². The number of amides is 1. The van der Waals surface area contributed by atoms with Crippen LogP contribution in [0.4, 0.5) is 5.82 Å². The van der Waals surface area contributed by atoms with E-state index in [0.717, 1.165) is 11.5 Å². The number of rotatable bonds is 11. The molecule has 0 unspecified atom stereocenters. The van der Waals surface area contributed by atoms with Gasteiger partial charge in [-0.2, -0.15) is 4.98 Å². The lowest BCUT2D eigenvalue weighted by atomic mass is 9.94. The van der Waals surface area contributed by atoms with Crippen LogP contribution in [0.1, 0.15) is 19.6 Å². The number of hydrogen-bond donors (Lipinski definition) is 11. The highest BCUT2D eigenvalue weighted by Crippen LogP contribution is 2.27. The minimum absolute atomic E-state index is 0.0537. The molecule has 2 heterocycles. The number of Topliss-reactive ketones (excluding diaryl/α,β-unsaturated/α-hetero) is 1. The quantitative estimate of drug-likeness (QED) is 0.114. The normalized spacial score (nSPS) is 24.8. The summed E-state index contributed by atoms with van der Waals surface area (Å²) in [6, 6.07) is -0.238. The predicted molar refractivity (Wildman–Crippen MR) is 122 cm³/mol. The van der Waals surface area contributed by atoms with Gasteiger partial charge in [0.25, 0.3) is 0 Å². The highest BCUT2D eigenvalue weighted by molar-refractivity contribution is 6.32. The Morgan fingerprint density at radius 2 is 1.71 bits per heavy atom. The lowest BCUT2D eigenvalue weighted by molar-refractivity contribution is -0.151. The Labute approximate surface area is 214 Å². The molecule has 0 radical (unpaired) electrons. The molecule has 1 aliphatic heterocycles. The predicted octanol–water partition coefficient (Wildman–Crippen LogP) is -6.59. The van der Waals surface area contributed by atoms with Crippen molar-refractivity contribution in [2.45, 2.75) is 68.3 Å². The maximum Gasteiger partial charge on any atom is 0.372 e. The number of ketones is 1. The van der Waals surface area contributed by atoms with E-state index in [1.807, 2.05) is 5.32 Å². The summed E-state index contributed by atoms with van der Waals surface area (Å²) >= 11 is 0. The smallest absolute Gasteiger partial charge is 0.372 e. The Kier molecular flexibility index (Phi) is 12.8. The Balaban J connectivity index is 0.000000386. The van der Waals surface area contributed by atoms with Gasteiger partial charge >= 0.3 is 11.7 Å². The summed E-state index contributed by atoms with van der Waals surface area (Å²) in [6.07, 6.45) is -11.6. The molecule has 18 nitrogen and oxygen atoms in total. The van der Waals surface area contributed by atoms with Crippen LogP contribution in [-0.2, 0) is 19.1 Å². The van der Waals surface area contributed by atoms with Crippen LogP contribution in [0.5, 0.6) is 0 Å². The van der Waals surface area contributed by atoms with E-state index in [1.165, 1.54) is 12.3 Å². The van der Waals surface area contributed by atoms with Gasteiger partial charge in [-0.1, -0.05) is 0 Å². The highest BCUT2D eigenvalue weighted by Gasteiger charge is 2.43. The van der Waals surface area contributed by atoms with Crippen LogP contribution < -0.4 is 16.7 Å². The Morgan fingerprint density at radius 3 is 2.16 bits per heavy atom. The number of nitrogens with zero attached hydrogens (tertiary/aromatic N) is 2. The first-order chi connectivity index (χ1) is 17.7. The number of nitrogen functional groups attached to an aromatic ring is 1. The first-order valence-electron chi connectivity index (χ1n) is 11.0. The van der Waals surface area contributed by atoms with Gasteiger partial charge in [0.15, 0.2) is 6.23 Å². The number of anilines is 1. The average molecular weight is 552 g/mol. The zero-order valence-electron chi connectivity index (χ0n) is 20.0. The maximum atomic E-state index is 11.5. The van der Waals surface area contributed by atoms with E-state index in [1.54, 1.807) is 0 Å². The summed E-state index contributed by atoms with van der Waals surface area (Å²) in [4.78, 5) is 47.4. The summed E-state index contributed by atoms with van der Waals surface area (Å²) in [6.45, 7) is -0.318. The van der Waals surface area contributed by atoms with Crippen molar-refractivity contribution in [1.82, 2.24) is 14.9 Å². The second-order valence-corrected chi connectivity index (χ2v) is 8.23. The largest absolute Gasteiger partial charge is 0.475 e. The first-order valence-corrected chi connectivity index (χ1v) is 11.0. The third kappa shape index (κ3) is 8.75. The van der Waals surface area contributed by atoms with Crippen LogP contribution in [0.2, 0.25) is 0 Å². The molecule has 1 amide bonds. The van der Waals surface area contributed by atoms with Crippen LogP contribution >= 0.6 is 0 Å². The molecule has 12 N–H and O–H groups in total. The van der Waals surface area contributed by atoms with E-state index >= 15 is 0 Å². The molecule has 0 bridgehead atoms. The van der Waals surface area contributed by atoms with Crippen LogP contribution in [0.15, 0.2) is 17.1 Å². The van der Waals surface area contributed by atoms with Gasteiger partial charge in [-0.3, -0.25) is 14.2 Å². The number of nitrogens with one attached hydrogen (secondary N) is 1. The molecule has 1 aromatic rings. The zero-order valence-corrected chi connectivity index (χ0v) is 20.0. The van der Waals surface area contributed by atoms with Gasteiger partial charge < -0.3 is 61.7 Å². The standard InChI is InChI=1S/C11H19NO9.C9H13N3O5/c1-4(14)12-8(5(15)2-6(16)11(20)21)10(19)9(18)7(17)3-13;10-5-1-2-12(9(16)11-5)8-7(15)6(14)4(3-13)17-8/h5,7-10,13,15,17-19H,2-3H2,1H3,(H,12,14)(H,20,21);1-2,4,6-8,13-15H,3H2,(H2,10,11,16)/t5-,7+,8+,9+,10+;4-,6-,7-,8-/m01/s1. The molecular formula is C20H32N4O14. The number of carbonyl (C=O) groups excluding carboxylic acids is 2. The second-order valence-electron chi connectivity index (χ2n) is 8.23. The zero-order chi connectivity index (χ0) is 29.3. The SMILES string of the molecule is CC(=O)N[C@@H]([C@@H](O)[C@H](O)[C@H](O)CO)[C@@H](O)CC(=O)C(=O)O.Nc1ccn([C@@H]2O[C@H](CO)[C@@H](O)[C@H]2O)c(=O)n1. The third-order valence-corrected chi connectivity index (χ3v) is 5.36. The van der Waals surface area contributed by atoms with E-state index in [2.05, 4.69) is 4.98 Å². The van der Waals surface area contributed by atoms with Crippen LogP contribution in [0, 0.1) is 0 Å². The fourth-order valence-corrected chi connectivity index (χ4v) is 3.33. The van der Waals surface area contributed by atoms with Crippen molar-refractivity contribution in [3.8, 4) is 0 Å². The minimum Gasteiger partial charge on any atom is -0.475 e. The maximum absolute atomic E-state index is 11.5. The van der Waals surface area contributed by atoms with Crippen molar-refractivity contribution < 1.29 is 65.1 Å². The summed E-state index contributed by atoms with van der Waals surface area (Å²) in [5.74, 6) is -3.84. The number of aromatic nitrogens is 2. The van der Waals surface area contributed by atoms with Crippen molar-refractivity contribution in [2.24, 2.45) is 0 Å². The highest BCUT2D eigenvalue weighted by atomic mass is 16.6. The van der Waals surface area contributed by atoms with Crippen LogP contribution in [0.3, 0.4) is 0 Å². The molecule has 0 saturated carbocycles.